The van der Waals surface area contributed by atoms with Crippen molar-refractivity contribution in [3.05, 3.63) is 57.1 Å². The van der Waals surface area contributed by atoms with Crippen LogP contribution >= 0.6 is 23.2 Å². The Balaban J connectivity index is 1.83. The van der Waals surface area contributed by atoms with Crippen molar-refractivity contribution in [3.63, 3.8) is 0 Å². The number of ether oxygens (including phenoxy) is 1. The minimum atomic E-state index is -0.339. The number of nitrogens with one attached hydrogen (secondary N) is 1. The first-order valence-corrected chi connectivity index (χ1v) is 12.1. The maximum atomic E-state index is 13.7. The average molecular weight is 519 g/mol. The Morgan fingerprint density at radius 3 is 2.86 bits per heavy atom. The van der Waals surface area contributed by atoms with Crippen molar-refractivity contribution in [2.75, 3.05) is 37.5 Å². The number of carbonyl (C=O) groups excluding carboxylic acids is 1. The predicted molar refractivity (Wildman–Crippen MR) is 140 cm³/mol. The molecule has 0 radical (unpaired) electrons. The van der Waals surface area contributed by atoms with Gasteiger partial charge in [-0.05, 0) is 31.1 Å². The van der Waals surface area contributed by atoms with Gasteiger partial charge in [-0.3, -0.25) is 14.2 Å². The highest BCUT2D eigenvalue weighted by atomic mass is 35.5. The fourth-order valence-corrected chi connectivity index (χ4v) is 4.64. The Morgan fingerprint density at radius 2 is 2.17 bits per heavy atom. The number of methoxy groups -OCH3 is 1. The van der Waals surface area contributed by atoms with Crippen LogP contribution in [-0.2, 0) is 13.1 Å². The summed E-state index contributed by atoms with van der Waals surface area (Å²) in [6, 6.07) is 6.85. The van der Waals surface area contributed by atoms with Gasteiger partial charge in [0.1, 0.15) is 32.8 Å². The van der Waals surface area contributed by atoms with Crippen LogP contribution in [-0.4, -0.2) is 53.2 Å². The van der Waals surface area contributed by atoms with Gasteiger partial charge in [-0.25, -0.2) is 4.98 Å². The van der Waals surface area contributed by atoms with Gasteiger partial charge in [-0.1, -0.05) is 35.3 Å². The lowest BCUT2D eigenvalue weighted by atomic mass is 10.1. The maximum Gasteiger partial charge on any atom is 0.278 e. The number of carbonyl (C=O) groups is 1. The highest BCUT2D eigenvalue weighted by Crippen LogP contribution is 2.36. The molecule has 1 saturated heterocycles. The van der Waals surface area contributed by atoms with E-state index < -0.39 is 0 Å². The van der Waals surface area contributed by atoms with E-state index >= 15 is 0 Å². The average Bonchev–Trinajstić information content (AvgIpc) is 3.18. The van der Waals surface area contributed by atoms with Gasteiger partial charge in [-0.15, -0.1) is 0 Å². The summed E-state index contributed by atoms with van der Waals surface area (Å²) in [6.07, 6.45) is 4.90. The Kier molecular flexibility index (Phi) is 7.69. The first-order valence-electron chi connectivity index (χ1n) is 11.3. The number of allylic oxidation sites excluding steroid dienone is 1. The molecule has 0 bridgehead atoms. The fraction of sp³-hybridized carbons (Fsp3) is 0.375. The van der Waals surface area contributed by atoms with Crippen molar-refractivity contribution < 1.29 is 9.53 Å². The molecule has 2 aromatic heterocycles. The van der Waals surface area contributed by atoms with Crippen LogP contribution in [0, 0.1) is 0 Å². The SMILES string of the molecule is CNc1c(N2CCC[C@H](N)C2)n(CC=C(Cl)Cl)c2c(=O)n(CC(=O)c3cccc(OC)c3)cnc12. The molecule has 0 spiro atoms. The Bertz CT molecular complexity index is 1330. The number of rotatable bonds is 8. The lowest BCUT2D eigenvalue weighted by Crippen LogP contribution is -2.43. The lowest BCUT2D eigenvalue weighted by molar-refractivity contribution is 0.0970. The molecule has 4 rings (SSSR count). The second-order valence-corrected chi connectivity index (χ2v) is 9.44. The number of hydrogen-bond donors (Lipinski definition) is 2. The second-order valence-electron chi connectivity index (χ2n) is 8.43. The van der Waals surface area contributed by atoms with Crippen molar-refractivity contribution in [2.45, 2.75) is 32.0 Å². The predicted octanol–water partition coefficient (Wildman–Crippen LogP) is 3.38. The van der Waals surface area contributed by atoms with Gasteiger partial charge in [0.2, 0.25) is 0 Å². The van der Waals surface area contributed by atoms with Crippen LogP contribution < -0.4 is 26.2 Å². The summed E-state index contributed by atoms with van der Waals surface area (Å²) >= 11 is 11.8. The molecule has 0 amide bonds. The first-order chi connectivity index (χ1) is 16.8. The zero-order valence-corrected chi connectivity index (χ0v) is 21.1. The second kappa shape index (κ2) is 10.7. The standard InChI is InChI=1S/C24H28Cl2N6O3/c1-28-21-20-22(32(10-8-19(25)26)23(21)30-9-4-6-16(27)12-30)24(34)31(14-29-20)13-18(33)15-5-3-7-17(11-15)35-2/h3,5,7-8,11,14,16,28H,4,6,9-10,12-13,27H2,1-2H3/t16-/m0/s1. The third kappa shape index (κ3) is 5.17. The molecule has 1 atom stereocenters. The highest BCUT2D eigenvalue weighted by Gasteiger charge is 2.28. The van der Waals surface area contributed by atoms with Crippen molar-refractivity contribution in [1.29, 1.82) is 0 Å². The molecule has 1 aliphatic heterocycles. The molecule has 1 aliphatic rings. The van der Waals surface area contributed by atoms with Crippen LogP contribution in [0.25, 0.3) is 11.0 Å². The highest BCUT2D eigenvalue weighted by molar-refractivity contribution is 6.55. The monoisotopic (exact) mass is 518 g/mol. The van der Waals surface area contributed by atoms with Crippen molar-refractivity contribution in [1.82, 2.24) is 14.1 Å². The zero-order valence-electron chi connectivity index (χ0n) is 19.6. The molecule has 0 saturated carbocycles. The molecule has 3 N–H and O–H groups in total. The lowest BCUT2D eigenvalue weighted by Gasteiger charge is -2.33. The molecular weight excluding hydrogens is 491 g/mol. The van der Waals surface area contributed by atoms with Gasteiger partial charge in [-0.2, -0.15) is 0 Å². The zero-order chi connectivity index (χ0) is 25.1. The number of aromatic nitrogens is 3. The van der Waals surface area contributed by atoms with E-state index in [0.29, 0.717) is 28.9 Å². The molecule has 0 unspecified atom stereocenters. The quantitative estimate of drug-likeness (QED) is 0.440. The fourth-order valence-electron chi connectivity index (χ4n) is 4.51. The van der Waals surface area contributed by atoms with E-state index in [-0.39, 0.29) is 35.0 Å². The number of fused-ring (bicyclic) bond motifs is 1. The molecule has 3 aromatic rings. The van der Waals surface area contributed by atoms with Gasteiger partial charge >= 0.3 is 0 Å². The van der Waals surface area contributed by atoms with E-state index in [2.05, 4.69) is 15.2 Å². The third-order valence-electron chi connectivity index (χ3n) is 6.14. The van der Waals surface area contributed by atoms with Crippen LogP contribution in [0.4, 0.5) is 11.5 Å². The number of nitrogens with two attached hydrogens (primary N) is 1. The Morgan fingerprint density at radius 1 is 1.37 bits per heavy atom. The van der Waals surface area contributed by atoms with Crippen LogP contribution in [0.15, 0.2) is 46.0 Å². The van der Waals surface area contributed by atoms with Gasteiger partial charge in [0.25, 0.3) is 5.56 Å². The normalized spacial score (nSPS) is 15.8. The molecule has 11 heteroatoms. The van der Waals surface area contributed by atoms with Gasteiger partial charge < -0.3 is 25.3 Å². The molecule has 3 heterocycles. The van der Waals surface area contributed by atoms with Crippen LogP contribution in [0.3, 0.4) is 0 Å². The maximum absolute atomic E-state index is 13.7. The summed E-state index contributed by atoms with van der Waals surface area (Å²) in [6.45, 7) is 1.53. The number of Topliss-reactive ketones (excluding diaryl/α,β-unsaturated/α-hetero) is 1. The molecule has 0 aliphatic carbocycles. The van der Waals surface area contributed by atoms with E-state index in [1.165, 1.54) is 18.0 Å². The molecule has 186 valence electrons. The summed E-state index contributed by atoms with van der Waals surface area (Å²) in [7, 11) is 3.32. The van der Waals surface area contributed by atoms with Gasteiger partial charge in [0, 0.05) is 38.3 Å². The number of halogens is 2. The smallest absolute Gasteiger partial charge is 0.278 e. The van der Waals surface area contributed by atoms with Gasteiger partial charge in [0.15, 0.2) is 5.78 Å². The van der Waals surface area contributed by atoms with E-state index in [1.54, 1.807) is 37.4 Å². The molecule has 35 heavy (non-hydrogen) atoms. The summed E-state index contributed by atoms with van der Waals surface area (Å²) < 4.78 is 8.46. The van der Waals surface area contributed by atoms with E-state index in [1.807, 2.05) is 4.57 Å². The third-order valence-corrected chi connectivity index (χ3v) is 6.45. The number of nitrogens with zero attached hydrogens (tertiary/aromatic N) is 4. The van der Waals surface area contributed by atoms with Crippen molar-refractivity contribution >= 4 is 51.5 Å². The van der Waals surface area contributed by atoms with Crippen molar-refractivity contribution in [2.24, 2.45) is 5.73 Å². The molecule has 9 nitrogen and oxygen atoms in total. The van der Waals surface area contributed by atoms with E-state index in [4.69, 9.17) is 33.7 Å². The summed E-state index contributed by atoms with van der Waals surface area (Å²) in [4.78, 5) is 33.4. The largest absolute Gasteiger partial charge is 0.497 e. The van der Waals surface area contributed by atoms with Crippen LogP contribution in [0.1, 0.15) is 23.2 Å². The number of hydrogen-bond acceptors (Lipinski definition) is 7. The van der Waals surface area contributed by atoms with E-state index in [0.717, 1.165) is 30.9 Å². The first kappa shape index (κ1) is 25.1. The molecular formula is C24H28Cl2N6O3. The Labute approximate surface area is 213 Å². The molecule has 1 aromatic carbocycles. The van der Waals surface area contributed by atoms with Crippen LogP contribution in [0.2, 0.25) is 0 Å². The minimum absolute atomic E-state index is 0.0252. The topological polar surface area (TPSA) is 107 Å². The number of ketones is 1. The van der Waals surface area contributed by atoms with Crippen LogP contribution in [0.5, 0.6) is 5.75 Å². The summed E-state index contributed by atoms with van der Waals surface area (Å²) in [5.74, 6) is 1.13. The minimum Gasteiger partial charge on any atom is -0.497 e. The van der Waals surface area contributed by atoms with Gasteiger partial charge in [0.05, 0.1) is 20.0 Å². The number of benzene rings is 1. The molecule has 1 fully saturated rings. The number of anilines is 2. The summed E-state index contributed by atoms with van der Waals surface area (Å²) in [5.41, 5.74) is 7.95. The summed E-state index contributed by atoms with van der Waals surface area (Å²) in [5, 5.41) is 3.20. The number of piperidine rings is 1. The van der Waals surface area contributed by atoms with E-state index in [9.17, 15) is 9.59 Å². The Hall–Kier alpha value is -3.01. The van der Waals surface area contributed by atoms with Crippen molar-refractivity contribution in [3.8, 4) is 5.75 Å².